The largest absolute Gasteiger partial charge is 0.493 e. The van der Waals surface area contributed by atoms with E-state index >= 15 is 0 Å². The number of nitrogens with one attached hydrogen (secondary N) is 1. The second-order valence-corrected chi connectivity index (χ2v) is 5.01. The molecule has 17 heavy (non-hydrogen) atoms. The van der Waals surface area contributed by atoms with E-state index < -0.39 is 0 Å². The van der Waals surface area contributed by atoms with E-state index in [1.807, 2.05) is 0 Å². The van der Waals surface area contributed by atoms with Gasteiger partial charge in [0.15, 0.2) is 0 Å². The predicted octanol–water partition coefficient (Wildman–Crippen LogP) is 3.60. The predicted molar refractivity (Wildman–Crippen MR) is 71.5 cm³/mol. The second kappa shape index (κ2) is 5.54. The van der Waals surface area contributed by atoms with Crippen LogP contribution < -0.4 is 10.1 Å². The fourth-order valence-corrected chi connectivity index (χ4v) is 2.40. The third kappa shape index (κ3) is 2.81. The van der Waals surface area contributed by atoms with E-state index in [9.17, 15) is 0 Å². The fraction of sp³-hybridized carbons (Fsp3) is 0.600. The van der Waals surface area contributed by atoms with Crippen LogP contribution in [-0.4, -0.2) is 12.6 Å². The summed E-state index contributed by atoms with van der Waals surface area (Å²) < 4.78 is 5.88. The first-order valence-electron chi connectivity index (χ1n) is 6.70. The van der Waals surface area contributed by atoms with Crippen LogP contribution in [0.2, 0.25) is 0 Å². The van der Waals surface area contributed by atoms with E-state index in [-0.39, 0.29) is 0 Å². The van der Waals surface area contributed by atoms with Gasteiger partial charge in [0, 0.05) is 17.6 Å². The average Bonchev–Trinajstić information content (AvgIpc) is 2.53. The van der Waals surface area contributed by atoms with Crippen LogP contribution in [0.3, 0.4) is 0 Å². The quantitative estimate of drug-likeness (QED) is 0.861. The molecule has 94 valence electrons. The Balaban J connectivity index is 2.27. The molecule has 1 aromatic carbocycles. The van der Waals surface area contributed by atoms with E-state index in [4.69, 9.17) is 4.74 Å². The molecule has 1 aliphatic rings. The first-order chi connectivity index (χ1) is 8.22. The summed E-state index contributed by atoms with van der Waals surface area (Å²) in [6, 6.07) is 7.47. The molecule has 0 aromatic heterocycles. The van der Waals surface area contributed by atoms with Crippen LogP contribution in [0.5, 0.6) is 5.75 Å². The van der Waals surface area contributed by atoms with Gasteiger partial charge in [-0.05, 0) is 38.7 Å². The number of ether oxygens (including phenoxy) is 1. The number of hydrogen-bond donors (Lipinski definition) is 1. The van der Waals surface area contributed by atoms with Gasteiger partial charge in [-0.3, -0.25) is 0 Å². The maximum absolute atomic E-state index is 5.88. The summed E-state index contributed by atoms with van der Waals surface area (Å²) in [6.07, 6.45) is 3.46. The van der Waals surface area contributed by atoms with Gasteiger partial charge in [0.1, 0.15) is 5.75 Å². The highest BCUT2D eigenvalue weighted by molar-refractivity contribution is 5.43. The molecule has 0 fully saturated rings. The molecule has 0 bridgehead atoms. The van der Waals surface area contributed by atoms with Gasteiger partial charge in [-0.15, -0.1) is 0 Å². The number of benzene rings is 1. The van der Waals surface area contributed by atoms with Gasteiger partial charge in [-0.2, -0.15) is 0 Å². The summed E-state index contributed by atoms with van der Waals surface area (Å²) in [5.74, 6) is 1.10. The van der Waals surface area contributed by atoms with Crippen LogP contribution in [0.25, 0.3) is 0 Å². The Labute approximate surface area is 104 Å². The third-order valence-corrected chi connectivity index (χ3v) is 3.60. The van der Waals surface area contributed by atoms with Crippen LogP contribution in [0.1, 0.15) is 50.3 Å². The number of aryl methyl sites for hydroxylation is 1. The van der Waals surface area contributed by atoms with Crippen molar-refractivity contribution in [3.63, 3.8) is 0 Å². The molecule has 1 aliphatic heterocycles. The zero-order valence-corrected chi connectivity index (χ0v) is 11.1. The minimum Gasteiger partial charge on any atom is -0.493 e. The molecule has 2 heteroatoms. The number of hydrogen-bond acceptors (Lipinski definition) is 2. The summed E-state index contributed by atoms with van der Waals surface area (Å²) in [5, 5.41) is 3.71. The van der Waals surface area contributed by atoms with E-state index in [0.717, 1.165) is 18.8 Å². The number of para-hydroxylation sites is 1. The molecule has 2 atom stereocenters. The Bertz CT molecular complexity index is 375. The molecule has 2 nitrogen and oxygen atoms in total. The molecule has 0 amide bonds. The molecule has 0 saturated carbocycles. The van der Waals surface area contributed by atoms with Crippen LogP contribution in [0.15, 0.2) is 18.2 Å². The standard InChI is InChI=1S/C15H23NO/c1-4-12(3)16-14-9-6-10-17-15-11(2)7-5-8-13(14)15/h5,7-8,12,14,16H,4,6,9-10H2,1-3H3. The lowest BCUT2D eigenvalue weighted by Gasteiger charge is -2.23. The van der Waals surface area contributed by atoms with Crippen LogP contribution in [0.4, 0.5) is 0 Å². The van der Waals surface area contributed by atoms with Gasteiger partial charge in [0.05, 0.1) is 6.61 Å². The molecule has 0 saturated heterocycles. The maximum atomic E-state index is 5.88. The van der Waals surface area contributed by atoms with Crippen LogP contribution in [0, 0.1) is 6.92 Å². The molecular formula is C15H23NO. The van der Waals surface area contributed by atoms with Crippen LogP contribution >= 0.6 is 0 Å². The van der Waals surface area contributed by atoms with Gasteiger partial charge in [0.2, 0.25) is 0 Å². The van der Waals surface area contributed by atoms with Crippen molar-refractivity contribution in [3.8, 4) is 5.75 Å². The second-order valence-electron chi connectivity index (χ2n) is 5.01. The maximum Gasteiger partial charge on any atom is 0.126 e. The normalized spacial score (nSPS) is 21.2. The molecule has 0 radical (unpaired) electrons. The van der Waals surface area contributed by atoms with E-state index in [1.165, 1.54) is 24.0 Å². The Morgan fingerprint density at radius 2 is 2.29 bits per heavy atom. The summed E-state index contributed by atoms with van der Waals surface area (Å²) >= 11 is 0. The van der Waals surface area contributed by atoms with Gasteiger partial charge in [-0.25, -0.2) is 0 Å². The zero-order chi connectivity index (χ0) is 12.3. The summed E-state index contributed by atoms with van der Waals surface area (Å²) in [6.45, 7) is 7.45. The van der Waals surface area contributed by atoms with Gasteiger partial charge in [0.25, 0.3) is 0 Å². The van der Waals surface area contributed by atoms with Crippen molar-refractivity contribution in [3.05, 3.63) is 29.3 Å². The highest BCUT2D eigenvalue weighted by atomic mass is 16.5. The lowest BCUT2D eigenvalue weighted by atomic mass is 9.99. The lowest BCUT2D eigenvalue weighted by molar-refractivity contribution is 0.312. The van der Waals surface area contributed by atoms with Crippen molar-refractivity contribution in [1.29, 1.82) is 0 Å². The number of fused-ring (bicyclic) bond motifs is 1. The van der Waals surface area contributed by atoms with E-state index in [0.29, 0.717) is 12.1 Å². The highest BCUT2D eigenvalue weighted by Gasteiger charge is 2.21. The van der Waals surface area contributed by atoms with Gasteiger partial charge < -0.3 is 10.1 Å². The van der Waals surface area contributed by atoms with Crippen molar-refractivity contribution in [2.24, 2.45) is 0 Å². The van der Waals surface area contributed by atoms with Crippen molar-refractivity contribution < 1.29 is 4.74 Å². The summed E-state index contributed by atoms with van der Waals surface area (Å²) in [7, 11) is 0. The minimum absolute atomic E-state index is 0.447. The molecule has 0 spiro atoms. The summed E-state index contributed by atoms with van der Waals surface area (Å²) in [4.78, 5) is 0. The molecular weight excluding hydrogens is 210 g/mol. The molecule has 1 aromatic rings. The monoisotopic (exact) mass is 233 g/mol. The van der Waals surface area contributed by atoms with Crippen molar-refractivity contribution >= 4 is 0 Å². The molecule has 1 N–H and O–H groups in total. The van der Waals surface area contributed by atoms with Crippen molar-refractivity contribution in [2.75, 3.05) is 6.61 Å². The Morgan fingerprint density at radius 1 is 1.47 bits per heavy atom. The Morgan fingerprint density at radius 3 is 3.06 bits per heavy atom. The van der Waals surface area contributed by atoms with Gasteiger partial charge >= 0.3 is 0 Å². The minimum atomic E-state index is 0.447. The average molecular weight is 233 g/mol. The van der Waals surface area contributed by atoms with E-state index in [2.05, 4.69) is 44.3 Å². The topological polar surface area (TPSA) is 21.3 Å². The Hall–Kier alpha value is -1.02. The zero-order valence-electron chi connectivity index (χ0n) is 11.1. The lowest BCUT2D eigenvalue weighted by Crippen LogP contribution is -2.29. The molecule has 2 unspecified atom stereocenters. The molecule has 2 rings (SSSR count). The molecule has 1 heterocycles. The number of rotatable bonds is 3. The molecule has 0 aliphatic carbocycles. The first-order valence-corrected chi connectivity index (χ1v) is 6.70. The highest BCUT2D eigenvalue weighted by Crippen LogP contribution is 2.34. The first kappa shape index (κ1) is 12.4. The van der Waals surface area contributed by atoms with Crippen LogP contribution in [-0.2, 0) is 0 Å². The van der Waals surface area contributed by atoms with E-state index in [1.54, 1.807) is 0 Å². The SMILES string of the molecule is CCC(C)NC1CCCOc2c(C)cccc21. The third-order valence-electron chi connectivity index (χ3n) is 3.60. The summed E-state index contributed by atoms with van der Waals surface area (Å²) in [5.41, 5.74) is 2.59. The smallest absolute Gasteiger partial charge is 0.126 e. The van der Waals surface area contributed by atoms with Crippen molar-refractivity contribution in [2.45, 2.75) is 52.1 Å². The Kier molecular flexibility index (Phi) is 4.06. The van der Waals surface area contributed by atoms with Gasteiger partial charge in [-0.1, -0.05) is 25.1 Å². The van der Waals surface area contributed by atoms with Crippen molar-refractivity contribution in [1.82, 2.24) is 5.32 Å². The fourth-order valence-electron chi connectivity index (χ4n) is 2.40.